The minimum absolute atomic E-state index is 0. The van der Waals surface area contributed by atoms with Gasteiger partial charge in [-0.2, -0.15) is 0 Å². The predicted molar refractivity (Wildman–Crippen MR) is 101 cm³/mol. The van der Waals surface area contributed by atoms with Gasteiger partial charge in [0.15, 0.2) is 0 Å². The van der Waals surface area contributed by atoms with Crippen LogP contribution in [-0.2, 0) is 9.59 Å². The van der Waals surface area contributed by atoms with Crippen LogP contribution >= 0.6 is 12.4 Å². The molecular weight excluding hydrogens is 352 g/mol. The summed E-state index contributed by atoms with van der Waals surface area (Å²) < 4.78 is 0. The second kappa shape index (κ2) is 8.35. The fraction of sp³-hybridized carbons (Fsp3) is 0.632. The van der Waals surface area contributed by atoms with E-state index in [-0.39, 0.29) is 36.2 Å². The summed E-state index contributed by atoms with van der Waals surface area (Å²) in [6.07, 6.45) is 8.56. The Hall–Kier alpha value is -1.66. The lowest BCUT2D eigenvalue weighted by molar-refractivity contribution is -0.139. The number of aromatic nitrogens is 1. The van der Waals surface area contributed by atoms with Crippen molar-refractivity contribution in [2.75, 3.05) is 26.2 Å². The molecule has 26 heavy (non-hydrogen) atoms. The first-order valence-corrected chi connectivity index (χ1v) is 9.44. The average Bonchev–Trinajstić information content (AvgIpc) is 3.31. The number of pyridine rings is 1. The molecule has 1 aromatic heterocycles. The number of amides is 2. The van der Waals surface area contributed by atoms with Gasteiger partial charge >= 0.3 is 0 Å². The Morgan fingerprint density at radius 1 is 1.27 bits per heavy atom. The largest absolute Gasteiger partial charge is 0.339 e. The Kier molecular flexibility index (Phi) is 6.14. The molecular formula is C19H27ClN4O2. The van der Waals surface area contributed by atoms with Gasteiger partial charge in [0.2, 0.25) is 11.8 Å². The molecule has 0 radical (unpaired) electrons. The van der Waals surface area contributed by atoms with Gasteiger partial charge in [-0.05, 0) is 24.5 Å². The Labute approximate surface area is 160 Å². The van der Waals surface area contributed by atoms with E-state index in [1.54, 1.807) is 6.20 Å². The number of nitrogens with zero attached hydrogens (tertiary/aromatic N) is 3. The molecule has 2 saturated heterocycles. The van der Waals surface area contributed by atoms with E-state index in [1.165, 1.54) is 12.8 Å². The van der Waals surface area contributed by atoms with Crippen molar-refractivity contribution in [3.63, 3.8) is 0 Å². The Morgan fingerprint density at radius 3 is 2.81 bits per heavy atom. The van der Waals surface area contributed by atoms with E-state index in [4.69, 9.17) is 0 Å². The SMILES string of the molecule is Cl.O=C1CC(C(=O)N2CCNCC2c2cccnc2)CN1C1CCCC1. The van der Waals surface area contributed by atoms with E-state index in [0.717, 1.165) is 31.5 Å². The van der Waals surface area contributed by atoms with Crippen LogP contribution in [0.2, 0.25) is 0 Å². The summed E-state index contributed by atoms with van der Waals surface area (Å²) >= 11 is 0. The van der Waals surface area contributed by atoms with E-state index in [1.807, 2.05) is 28.1 Å². The van der Waals surface area contributed by atoms with Crippen molar-refractivity contribution >= 4 is 24.2 Å². The number of hydrogen-bond donors (Lipinski definition) is 1. The summed E-state index contributed by atoms with van der Waals surface area (Å²) in [6, 6.07) is 4.30. The zero-order chi connectivity index (χ0) is 17.2. The average molecular weight is 379 g/mol. The summed E-state index contributed by atoms with van der Waals surface area (Å²) in [6.45, 7) is 2.83. The molecule has 0 spiro atoms. The molecule has 6 nitrogen and oxygen atoms in total. The van der Waals surface area contributed by atoms with Crippen LogP contribution in [0.15, 0.2) is 24.5 Å². The highest BCUT2D eigenvalue weighted by Crippen LogP contribution is 2.32. The lowest BCUT2D eigenvalue weighted by Crippen LogP contribution is -2.51. The quantitative estimate of drug-likeness (QED) is 0.870. The normalized spacial score (nSPS) is 26.8. The van der Waals surface area contributed by atoms with Crippen molar-refractivity contribution in [3.8, 4) is 0 Å². The zero-order valence-corrected chi connectivity index (χ0v) is 15.8. The van der Waals surface area contributed by atoms with Crippen LogP contribution in [0.4, 0.5) is 0 Å². The molecule has 1 aliphatic carbocycles. The smallest absolute Gasteiger partial charge is 0.228 e. The monoisotopic (exact) mass is 378 g/mol. The molecule has 3 heterocycles. The molecule has 7 heteroatoms. The van der Waals surface area contributed by atoms with Gasteiger partial charge in [0.05, 0.1) is 12.0 Å². The first-order valence-electron chi connectivity index (χ1n) is 9.44. The van der Waals surface area contributed by atoms with Crippen molar-refractivity contribution in [2.24, 2.45) is 5.92 Å². The fourth-order valence-corrected chi connectivity index (χ4v) is 4.54. The summed E-state index contributed by atoms with van der Waals surface area (Å²) in [4.78, 5) is 33.8. The van der Waals surface area contributed by atoms with Crippen LogP contribution in [0.25, 0.3) is 0 Å². The maximum Gasteiger partial charge on any atom is 0.228 e. The van der Waals surface area contributed by atoms with E-state index >= 15 is 0 Å². The van der Waals surface area contributed by atoms with Gasteiger partial charge in [0, 0.05) is 51.0 Å². The van der Waals surface area contributed by atoms with Crippen LogP contribution in [-0.4, -0.2) is 58.8 Å². The van der Waals surface area contributed by atoms with Crippen LogP contribution in [0, 0.1) is 5.92 Å². The number of hydrogen-bond acceptors (Lipinski definition) is 4. The highest BCUT2D eigenvalue weighted by molar-refractivity contribution is 5.89. The predicted octanol–water partition coefficient (Wildman–Crippen LogP) is 1.77. The standard InChI is InChI=1S/C19H26N4O2.ClH/c24-18-10-15(13-23(18)16-5-1-2-6-16)19(25)22-9-8-21-12-17(22)14-4-3-7-20-11-14;/h3-4,7,11,15-17,21H,1-2,5-6,8-10,12-13H2;1H. The zero-order valence-electron chi connectivity index (χ0n) is 15.0. The van der Waals surface area contributed by atoms with Gasteiger partial charge < -0.3 is 15.1 Å². The number of carbonyl (C=O) groups is 2. The minimum Gasteiger partial charge on any atom is -0.339 e. The molecule has 4 rings (SSSR count). The molecule has 142 valence electrons. The minimum atomic E-state index is -0.189. The van der Waals surface area contributed by atoms with Gasteiger partial charge in [0.25, 0.3) is 0 Å². The number of piperazine rings is 1. The summed E-state index contributed by atoms with van der Waals surface area (Å²) in [5, 5.41) is 3.37. The van der Waals surface area contributed by atoms with Crippen LogP contribution in [0.3, 0.4) is 0 Å². The lowest BCUT2D eigenvalue weighted by atomic mass is 10.0. The number of halogens is 1. The third-order valence-corrected chi connectivity index (χ3v) is 5.87. The highest BCUT2D eigenvalue weighted by Gasteiger charge is 2.41. The summed E-state index contributed by atoms with van der Waals surface area (Å²) in [7, 11) is 0. The van der Waals surface area contributed by atoms with Crippen molar-refractivity contribution in [1.82, 2.24) is 20.1 Å². The molecule has 0 aromatic carbocycles. The fourth-order valence-electron chi connectivity index (χ4n) is 4.54. The lowest BCUT2D eigenvalue weighted by Gasteiger charge is -2.37. The van der Waals surface area contributed by atoms with Gasteiger partial charge in [-0.3, -0.25) is 14.6 Å². The van der Waals surface area contributed by atoms with E-state index in [0.29, 0.717) is 25.6 Å². The molecule has 3 fully saturated rings. The number of likely N-dealkylation sites (tertiary alicyclic amines) is 1. The molecule has 2 amide bonds. The van der Waals surface area contributed by atoms with Crippen LogP contribution in [0.1, 0.15) is 43.7 Å². The van der Waals surface area contributed by atoms with Crippen molar-refractivity contribution in [2.45, 2.75) is 44.2 Å². The molecule has 2 aliphatic heterocycles. The van der Waals surface area contributed by atoms with Gasteiger partial charge in [-0.1, -0.05) is 18.9 Å². The molecule has 2 atom stereocenters. The van der Waals surface area contributed by atoms with E-state index in [2.05, 4.69) is 10.3 Å². The highest BCUT2D eigenvalue weighted by atomic mass is 35.5. The molecule has 2 unspecified atom stereocenters. The van der Waals surface area contributed by atoms with E-state index < -0.39 is 0 Å². The first-order chi connectivity index (χ1) is 12.2. The number of rotatable bonds is 3. The van der Waals surface area contributed by atoms with Gasteiger partial charge in [0.1, 0.15) is 0 Å². The third-order valence-electron chi connectivity index (χ3n) is 5.87. The van der Waals surface area contributed by atoms with Crippen molar-refractivity contribution < 1.29 is 9.59 Å². The van der Waals surface area contributed by atoms with E-state index in [9.17, 15) is 9.59 Å². The second-order valence-corrected chi connectivity index (χ2v) is 7.42. The third kappa shape index (κ3) is 3.71. The molecule has 3 aliphatic rings. The topological polar surface area (TPSA) is 65.5 Å². The Bertz CT molecular complexity index is 636. The van der Waals surface area contributed by atoms with Gasteiger partial charge in [-0.15, -0.1) is 12.4 Å². The van der Waals surface area contributed by atoms with Gasteiger partial charge in [-0.25, -0.2) is 0 Å². The molecule has 0 bridgehead atoms. The number of nitrogens with one attached hydrogen (secondary N) is 1. The first kappa shape index (κ1) is 19.1. The maximum atomic E-state index is 13.2. The number of carbonyl (C=O) groups excluding carboxylic acids is 2. The van der Waals surface area contributed by atoms with Crippen molar-refractivity contribution in [3.05, 3.63) is 30.1 Å². The van der Waals surface area contributed by atoms with Crippen LogP contribution < -0.4 is 5.32 Å². The molecule has 1 N–H and O–H groups in total. The Balaban J connectivity index is 0.00000196. The molecule has 1 aromatic rings. The summed E-state index contributed by atoms with van der Waals surface area (Å²) in [5.74, 6) is 0.105. The summed E-state index contributed by atoms with van der Waals surface area (Å²) in [5.41, 5.74) is 1.06. The van der Waals surface area contributed by atoms with Crippen molar-refractivity contribution in [1.29, 1.82) is 0 Å². The Morgan fingerprint density at radius 2 is 2.08 bits per heavy atom. The maximum absolute atomic E-state index is 13.2. The molecule has 1 saturated carbocycles. The second-order valence-electron chi connectivity index (χ2n) is 7.42. The van der Waals surface area contributed by atoms with Crippen LogP contribution in [0.5, 0.6) is 0 Å².